The van der Waals surface area contributed by atoms with Gasteiger partial charge in [0.05, 0.1) is 24.5 Å². The van der Waals surface area contributed by atoms with Crippen molar-refractivity contribution in [2.24, 2.45) is 0 Å². The molecule has 0 aliphatic rings. The number of aryl methyl sites for hydroxylation is 1. The molecule has 0 bridgehead atoms. The van der Waals surface area contributed by atoms with E-state index in [1.807, 2.05) is 37.3 Å². The second-order valence-electron chi connectivity index (χ2n) is 5.65. The number of fused-ring (bicyclic) bond motifs is 1. The second kappa shape index (κ2) is 6.86. The molecule has 0 fully saturated rings. The third kappa shape index (κ3) is 3.32. The summed E-state index contributed by atoms with van der Waals surface area (Å²) in [5.41, 5.74) is 9.43. The van der Waals surface area contributed by atoms with Gasteiger partial charge in [0.25, 0.3) is 0 Å². The zero-order chi connectivity index (χ0) is 17.1. The first kappa shape index (κ1) is 16.2. The van der Waals surface area contributed by atoms with Crippen molar-refractivity contribution in [3.8, 4) is 0 Å². The van der Waals surface area contributed by atoms with Crippen LogP contribution in [-0.4, -0.2) is 32.6 Å². The molecule has 2 unspecified atom stereocenters. The fourth-order valence-electron chi connectivity index (χ4n) is 2.59. The maximum Gasteiger partial charge on any atom is 0.154 e. The average Bonchev–Trinajstić information content (AvgIpc) is 2.87. The smallest absolute Gasteiger partial charge is 0.154 e. The average molecular weight is 327 g/mol. The summed E-state index contributed by atoms with van der Waals surface area (Å²) in [6.45, 7) is 3.82. The van der Waals surface area contributed by atoms with Gasteiger partial charge in [0.2, 0.25) is 0 Å². The van der Waals surface area contributed by atoms with Gasteiger partial charge >= 0.3 is 0 Å². The number of nitrogens with two attached hydrogens (primary N) is 1. The molecule has 0 saturated carbocycles. The van der Waals surface area contributed by atoms with Crippen molar-refractivity contribution in [3.05, 3.63) is 54.0 Å². The van der Waals surface area contributed by atoms with Gasteiger partial charge < -0.3 is 20.9 Å². The highest BCUT2D eigenvalue weighted by atomic mass is 16.6. The highest BCUT2D eigenvalue weighted by molar-refractivity contribution is 5.78. The predicted molar refractivity (Wildman–Crippen MR) is 92.6 cm³/mol. The Morgan fingerprint density at radius 2 is 2.08 bits per heavy atom. The summed E-state index contributed by atoms with van der Waals surface area (Å²) in [4.78, 5) is 4.36. The van der Waals surface area contributed by atoms with Crippen molar-refractivity contribution in [1.82, 2.24) is 14.6 Å². The van der Waals surface area contributed by atoms with Gasteiger partial charge in [0.1, 0.15) is 11.8 Å². The molecule has 2 aromatic heterocycles. The van der Waals surface area contributed by atoms with E-state index in [0.29, 0.717) is 18.1 Å². The lowest BCUT2D eigenvalue weighted by Gasteiger charge is -2.21. The molecule has 126 valence electrons. The van der Waals surface area contributed by atoms with Crippen molar-refractivity contribution >= 4 is 17.0 Å². The molecular weight excluding hydrogens is 306 g/mol. The van der Waals surface area contributed by atoms with Gasteiger partial charge in [-0.15, -0.1) is 0 Å². The van der Waals surface area contributed by atoms with Crippen molar-refractivity contribution in [2.75, 3.05) is 17.7 Å². The Hall–Kier alpha value is -2.64. The monoisotopic (exact) mass is 327 g/mol. The summed E-state index contributed by atoms with van der Waals surface area (Å²) < 4.78 is 7.10. The number of nitrogens with zero attached hydrogens (tertiary/aromatic N) is 3. The maximum atomic E-state index is 9.44. The van der Waals surface area contributed by atoms with E-state index in [-0.39, 0.29) is 6.04 Å². The molecule has 0 aliphatic carbocycles. The van der Waals surface area contributed by atoms with Crippen molar-refractivity contribution in [2.45, 2.75) is 26.2 Å². The maximum absolute atomic E-state index is 9.44. The molecule has 24 heavy (non-hydrogen) atoms. The van der Waals surface area contributed by atoms with E-state index in [4.69, 9.17) is 10.5 Å². The molecule has 0 aliphatic heterocycles. The Morgan fingerprint density at radius 1 is 1.33 bits per heavy atom. The molecule has 0 saturated heterocycles. The van der Waals surface area contributed by atoms with Crippen LogP contribution in [0.5, 0.6) is 0 Å². The summed E-state index contributed by atoms with van der Waals surface area (Å²) in [5, 5.41) is 17.0. The zero-order valence-electron chi connectivity index (χ0n) is 13.7. The molecule has 3 aromatic rings. The number of aromatic nitrogens is 3. The Morgan fingerprint density at radius 3 is 2.79 bits per heavy atom. The molecule has 2 heterocycles. The summed E-state index contributed by atoms with van der Waals surface area (Å²) in [5.74, 6) is 0.669. The van der Waals surface area contributed by atoms with Crippen LogP contribution in [-0.2, 0) is 4.74 Å². The normalized spacial score (nSPS) is 13.8. The molecule has 2 atom stereocenters. The number of aliphatic hydroxyl groups is 1. The quantitative estimate of drug-likeness (QED) is 0.600. The summed E-state index contributed by atoms with van der Waals surface area (Å²) in [6.07, 6.45) is 2.40. The van der Waals surface area contributed by atoms with Crippen LogP contribution in [0.15, 0.2) is 42.9 Å². The minimum Gasteiger partial charge on any atom is -0.397 e. The molecule has 7 heteroatoms. The Kier molecular flexibility index (Phi) is 4.64. The topological polar surface area (TPSA) is 97.7 Å². The van der Waals surface area contributed by atoms with Crippen LogP contribution in [0.2, 0.25) is 0 Å². The number of hydrogen-bond acceptors (Lipinski definition) is 6. The van der Waals surface area contributed by atoms with Crippen LogP contribution in [0, 0.1) is 6.92 Å². The van der Waals surface area contributed by atoms with E-state index in [9.17, 15) is 5.11 Å². The SMILES string of the molecule is Cc1c(N)cn2ncnc(NC(COC(C)O)c3ccccc3)c12. The lowest BCUT2D eigenvalue weighted by atomic mass is 10.1. The first-order valence-corrected chi connectivity index (χ1v) is 7.76. The number of benzene rings is 1. The van der Waals surface area contributed by atoms with E-state index in [1.54, 1.807) is 17.6 Å². The lowest BCUT2D eigenvalue weighted by Crippen LogP contribution is -2.21. The second-order valence-corrected chi connectivity index (χ2v) is 5.65. The number of nitrogens with one attached hydrogen (secondary N) is 1. The zero-order valence-corrected chi connectivity index (χ0v) is 13.7. The van der Waals surface area contributed by atoms with E-state index in [0.717, 1.165) is 16.6 Å². The molecule has 4 N–H and O–H groups in total. The van der Waals surface area contributed by atoms with Crippen molar-refractivity contribution < 1.29 is 9.84 Å². The van der Waals surface area contributed by atoms with Gasteiger partial charge in [-0.25, -0.2) is 9.50 Å². The Bertz CT molecular complexity index is 816. The Balaban J connectivity index is 1.95. The van der Waals surface area contributed by atoms with Crippen LogP contribution in [0.25, 0.3) is 5.52 Å². The molecule has 0 amide bonds. The van der Waals surface area contributed by atoms with Crippen LogP contribution < -0.4 is 11.1 Å². The first-order chi connectivity index (χ1) is 11.6. The van der Waals surface area contributed by atoms with E-state index in [2.05, 4.69) is 15.4 Å². The number of aliphatic hydroxyl groups excluding tert-OH is 1. The minimum atomic E-state index is -0.839. The molecule has 3 rings (SSSR count). The van der Waals surface area contributed by atoms with Gasteiger partial charge in [0.15, 0.2) is 12.1 Å². The minimum absolute atomic E-state index is 0.171. The van der Waals surface area contributed by atoms with Crippen LogP contribution in [0.4, 0.5) is 11.5 Å². The van der Waals surface area contributed by atoms with Gasteiger partial charge in [-0.05, 0) is 19.4 Å². The number of anilines is 2. The fourth-order valence-corrected chi connectivity index (χ4v) is 2.59. The predicted octanol–water partition coefficient (Wildman–Crippen LogP) is 2.13. The number of nitrogen functional groups attached to an aromatic ring is 1. The van der Waals surface area contributed by atoms with Crippen molar-refractivity contribution in [1.29, 1.82) is 0 Å². The highest BCUT2D eigenvalue weighted by Crippen LogP contribution is 2.27. The molecular formula is C17H21N5O2. The van der Waals surface area contributed by atoms with Gasteiger partial charge in [0, 0.05) is 5.56 Å². The van der Waals surface area contributed by atoms with Crippen LogP contribution in [0.3, 0.4) is 0 Å². The third-order valence-electron chi connectivity index (χ3n) is 3.88. The molecule has 0 spiro atoms. The number of rotatable bonds is 6. The van der Waals surface area contributed by atoms with E-state index in [1.165, 1.54) is 6.33 Å². The summed E-state index contributed by atoms with van der Waals surface area (Å²) in [6, 6.07) is 9.71. The Labute approximate surface area is 140 Å². The highest BCUT2D eigenvalue weighted by Gasteiger charge is 2.17. The third-order valence-corrected chi connectivity index (χ3v) is 3.88. The lowest BCUT2D eigenvalue weighted by molar-refractivity contribution is -0.0879. The standard InChI is InChI=1S/C17H21N5O2/c1-11-14(18)8-22-16(11)17(19-10-20-22)21-15(9-24-12(2)23)13-6-4-3-5-7-13/h3-8,10,12,15,23H,9,18H2,1-2H3,(H,19,20,21). The number of hydrogen-bond donors (Lipinski definition) is 3. The van der Waals surface area contributed by atoms with E-state index < -0.39 is 6.29 Å². The fraction of sp³-hybridized carbons (Fsp3) is 0.294. The first-order valence-electron chi connectivity index (χ1n) is 7.76. The summed E-state index contributed by atoms with van der Waals surface area (Å²) in [7, 11) is 0. The molecule has 0 radical (unpaired) electrons. The van der Waals surface area contributed by atoms with Gasteiger partial charge in [-0.3, -0.25) is 0 Å². The van der Waals surface area contributed by atoms with Crippen molar-refractivity contribution in [3.63, 3.8) is 0 Å². The van der Waals surface area contributed by atoms with Gasteiger partial charge in [-0.1, -0.05) is 30.3 Å². The van der Waals surface area contributed by atoms with Crippen LogP contribution in [0.1, 0.15) is 24.1 Å². The molecule has 7 nitrogen and oxygen atoms in total. The molecule has 1 aromatic carbocycles. The van der Waals surface area contributed by atoms with Gasteiger partial charge in [-0.2, -0.15) is 5.10 Å². The largest absolute Gasteiger partial charge is 0.397 e. The summed E-state index contributed by atoms with van der Waals surface area (Å²) >= 11 is 0. The number of ether oxygens (including phenoxy) is 1. The van der Waals surface area contributed by atoms with E-state index >= 15 is 0 Å². The van der Waals surface area contributed by atoms with Crippen LogP contribution >= 0.6 is 0 Å².